The first-order valence-corrected chi connectivity index (χ1v) is 7.21. The van der Waals surface area contributed by atoms with Crippen LogP contribution in [0.4, 0.5) is 4.79 Å². The molecule has 1 saturated heterocycles. The van der Waals surface area contributed by atoms with Gasteiger partial charge in [0.1, 0.15) is 11.0 Å². The molecule has 21 heavy (non-hydrogen) atoms. The van der Waals surface area contributed by atoms with Gasteiger partial charge in [-0.15, -0.1) is 0 Å². The topological polar surface area (TPSA) is 72.5 Å². The molecule has 0 aliphatic carbocycles. The SMILES string of the molecule is O=C(CC1SC(=O)NC1=O)Oc1ccc2ccccc2c1. The summed E-state index contributed by atoms with van der Waals surface area (Å²) >= 11 is 0.815. The van der Waals surface area contributed by atoms with Gasteiger partial charge in [-0.1, -0.05) is 42.1 Å². The molecule has 2 aromatic carbocycles. The minimum atomic E-state index is -0.703. The number of nitrogens with one attached hydrogen (secondary N) is 1. The van der Waals surface area contributed by atoms with Crippen LogP contribution in [-0.4, -0.2) is 22.4 Å². The molecule has 0 bridgehead atoms. The average molecular weight is 301 g/mol. The molecule has 6 heteroatoms. The highest BCUT2D eigenvalue weighted by atomic mass is 32.2. The van der Waals surface area contributed by atoms with Crippen LogP contribution in [0.15, 0.2) is 42.5 Å². The largest absolute Gasteiger partial charge is 0.426 e. The number of amides is 2. The summed E-state index contributed by atoms with van der Waals surface area (Å²) in [4.78, 5) is 34.2. The molecule has 0 aromatic heterocycles. The molecule has 1 fully saturated rings. The van der Waals surface area contributed by atoms with Gasteiger partial charge >= 0.3 is 5.97 Å². The molecule has 2 amide bonds. The van der Waals surface area contributed by atoms with Gasteiger partial charge in [0.05, 0.1) is 6.42 Å². The fourth-order valence-electron chi connectivity index (χ4n) is 2.08. The molecule has 2 aromatic rings. The van der Waals surface area contributed by atoms with E-state index < -0.39 is 22.4 Å². The van der Waals surface area contributed by atoms with Crippen molar-refractivity contribution in [2.24, 2.45) is 0 Å². The number of imide groups is 1. The van der Waals surface area contributed by atoms with E-state index in [0.29, 0.717) is 5.75 Å². The Morgan fingerprint density at radius 2 is 1.90 bits per heavy atom. The highest BCUT2D eigenvalue weighted by Gasteiger charge is 2.33. The second-order valence-corrected chi connectivity index (χ2v) is 5.75. The fourth-order valence-corrected chi connectivity index (χ4v) is 2.89. The van der Waals surface area contributed by atoms with E-state index in [1.165, 1.54) is 0 Å². The van der Waals surface area contributed by atoms with E-state index in [2.05, 4.69) is 5.32 Å². The van der Waals surface area contributed by atoms with Crippen LogP contribution in [0, 0.1) is 0 Å². The number of ether oxygens (including phenoxy) is 1. The van der Waals surface area contributed by atoms with Crippen molar-refractivity contribution in [3.05, 3.63) is 42.5 Å². The predicted molar refractivity (Wildman–Crippen MR) is 79.1 cm³/mol. The Kier molecular flexibility index (Phi) is 3.62. The lowest BCUT2D eigenvalue weighted by molar-refractivity contribution is -0.135. The van der Waals surface area contributed by atoms with Crippen LogP contribution in [-0.2, 0) is 9.59 Å². The highest BCUT2D eigenvalue weighted by Crippen LogP contribution is 2.24. The molecule has 1 aliphatic heterocycles. The van der Waals surface area contributed by atoms with Gasteiger partial charge in [-0.2, -0.15) is 0 Å². The van der Waals surface area contributed by atoms with Gasteiger partial charge in [-0.05, 0) is 22.9 Å². The molecule has 5 nitrogen and oxygen atoms in total. The molecule has 0 saturated carbocycles. The van der Waals surface area contributed by atoms with E-state index in [4.69, 9.17) is 4.74 Å². The summed E-state index contributed by atoms with van der Waals surface area (Å²) < 4.78 is 5.22. The Balaban J connectivity index is 1.68. The standard InChI is InChI=1S/C15H11NO4S/c17-13(8-12-14(18)16-15(19)21-12)20-11-6-5-9-3-1-2-4-10(9)7-11/h1-7,12H,8H2,(H,16,18,19). The van der Waals surface area contributed by atoms with Crippen LogP contribution >= 0.6 is 11.8 Å². The van der Waals surface area contributed by atoms with Crippen molar-refractivity contribution < 1.29 is 19.1 Å². The molecule has 1 aliphatic rings. The molecule has 3 rings (SSSR count). The third-order valence-corrected chi connectivity index (χ3v) is 4.05. The van der Waals surface area contributed by atoms with E-state index >= 15 is 0 Å². The Morgan fingerprint density at radius 1 is 1.14 bits per heavy atom. The Bertz CT molecular complexity index is 743. The summed E-state index contributed by atoms with van der Waals surface area (Å²) in [6, 6.07) is 13.0. The zero-order chi connectivity index (χ0) is 14.8. The van der Waals surface area contributed by atoms with Crippen molar-refractivity contribution in [2.45, 2.75) is 11.7 Å². The van der Waals surface area contributed by atoms with E-state index in [-0.39, 0.29) is 6.42 Å². The lowest BCUT2D eigenvalue weighted by atomic mass is 10.1. The average Bonchev–Trinajstić information content (AvgIpc) is 2.76. The first kappa shape index (κ1) is 13.6. The van der Waals surface area contributed by atoms with Crippen LogP contribution in [0.25, 0.3) is 10.8 Å². The molecule has 1 atom stereocenters. The van der Waals surface area contributed by atoms with E-state index in [1.54, 1.807) is 12.1 Å². The second kappa shape index (κ2) is 5.57. The normalized spacial score (nSPS) is 17.8. The fraction of sp³-hybridized carbons (Fsp3) is 0.133. The number of benzene rings is 2. The van der Waals surface area contributed by atoms with Crippen molar-refractivity contribution in [3.63, 3.8) is 0 Å². The number of fused-ring (bicyclic) bond motifs is 1. The van der Waals surface area contributed by atoms with E-state index in [1.807, 2.05) is 30.3 Å². The third-order valence-electron chi connectivity index (χ3n) is 3.07. The van der Waals surface area contributed by atoms with Crippen molar-refractivity contribution in [3.8, 4) is 5.75 Å². The smallest absolute Gasteiger partial charge is 0.312 e. The number of hydrogen-bond donors (Lipinski definition) is 1. The van der Waals surface area contributed by atoms with Crippen LogP contribution in [0.3, 0.4) is 0 Å². The minimum absolute atomic E-state index is 0.130. The maximum Gasteiger partial charge on any atom is 0.312 e. The van der Waals surface area contributed by atoms with Crippen LogP contribution in [0.2, 0.25) is 0 Å². The number of thioether (sulfide) groups is 1. The summed E-state index contributed by atoms with van der Waals surface area (Å²) in [5, 5.41) is 3.02. The number of hydrogen-bond acceptors (Lipinski definition) is 5. The summed E-state index contributed by atoms with van der Waals surface area (Å²) in [5.74, 6) is -0.554. The zero-order valence-corrected chi connectivity index (χ0v) is 11.7. The van der Waals surface area contributed by atoms with Gasteiger partial charge in [0, 0.05) is 0 Å². The quantitative estimate of drug-likeness (QED) is 0.696. The van der Waals surface area contributed by atoms with E-state index in [0.717, 1.165) is 22.5 Å². The van der Waals surface area contributed by atoms with Gasteiger partial charge in [-0.25, -0.2) is 0 Å². The first-order valence-electron chi connectivity index (χ1n) is 6.33. The van der Waals surface area contributed by atoms with Gasteiger partial charge in [0.2, 0.25) is 5.91 Å². The molecule has 1 unspecified atom stereocenters. The molecule has 0 spiro atoms. The second-order valence-electron chi connectivity index (χ2n) is 4.57. The molecule has 106 valence electrons. The van der Waals surface area contributed by atoms with Gasteiger partial charge < -0.3 is 4.74 Å². The van der Waals surface area contributed by atoms with Crippen LogP contribution in [0.1, 0.15) is 6.42 Å². The first-order chi connectivity index (χ1) is 10.1. The summed E-state index contributed by atoms with van der Waals surface area (Å²) in [5.41, 5.74) is 0. The summed E-state index contributed by atoms with van der Waals surface area (Å²) in [7, 11) is 0. The zero-order valence-electron chi connectivity index (χ0n) is 10.9. The van der Waals surface area contributed by atoms with Crippen molar-refractivity contribution >= 4 is 39.7 Å². The summed E-state index contributed by atoms with van der Waals surface area (Å²) in [6.07, 6.45) is -0.130. The van der Waals surface area contributed by atoms with Crippen molar-refractivity contribution in [1.29, 1.82) is 0 Å². The Morgan fingerprint density at radius 3 is 2.62 bits per heavy atom. The Hall–Kier alpha value is -2.34. The number of rotatable bonds is 3. The number of carbonyl (C=O) groups is 3. The molecule has 1 heterocycles. The highest BCUT2D eigenvalue weighted by molar-refractivity contribution is 8.15. The molecular formula is C15H11NO4S. The van der Waals surface area contributed by atoms with Gasteiger partial charge in [-0.3, -0.25) is 19.7 Å². The Labute approximate surface area is 124 Å². The van der Waals surface area contributed by atoms with Crippen LogP contribution < -0.4 is 10.1 Å². The lowest BCUT2D eigenvalue weighted by Gasteiger charge is -2.07. The van der Waals surface area contributed by atoms with Crippen molar-refractivity contribution in [1.82, 2.24) is 5.32 Å². The number of esters is 1. The monoisotopic (exact) mass is 301 g/mol. The van der Waals surface area contributed by atoms with Gasteiger partial charge in [0.15, 0.2) is 0 Å². The van der Waals surface area contributed by atoms with Crippen molar-refractivity contribution in [2.75, 3.05) is 0 Å². The number of carbonyl (C=O) groups excluding carboxylic acids is 3. The lowest BCUT2D eigenvalue weighted by Crippen LogP contribution is -2.27. The predicted octanol–water partition coefficient (Wildman–Crippen LogP) is 2.49. The van der Waals surface area contributed by atoms with Gasteiger partial charge in [0.25, 0.3) is 5.24 Å². The third kappa shape index (κ3) is 3.05. The molecular weight excluding hydrogens is 290 g/mol. The summed E-state index contributed by atoms with van der Waals surface area (Å²) in [6.45, 7) is 0. The molecule has 1 N–H and O–H groups in total. The maximum atomic E-state index is 11.8. The molecule has 0 radical (unpaired) electrons. The van der Waals surface area contributed by atoms with Crippen LogP contribution in [0.5, 0.6) is 5.75 Å². The maximum absolute atomic E-state index is 11.8. The van der Waals surface area contributed by atoms with E-state index in [9.17, 15) is 14.4 Å². The minimum Gasteiger partial charge on any atom is -0.426 e.